The predicted molar refractivity (Wildman–Crippen MR) is 129 cm³/mol. The van der Waals surface area contributed by atoms with Crippen molar-refractivity contribution in [3.63, 3.8) is 0 Å². The Kier molecular flexibility index (Phi) is 6.96. The molecule has 0 bridgehead atoms. The van der Waals surface area contributed by atoms with Crippen LogP contribution in [0.1, 0.15) is 0 Å². The molecule has 154 valence electrons. The van der Waals surface area contributed by atoms with Crippen molar-refractivity contribution in [2.24, 2.45) is 0 Å². The van der Waals surface area contributed by atoms with Crippen LogP contribution in [0.5, 0.6) is 0 Å². The summed E-state index contributed by atoms with van der Waals surface area (Å²) in [5, 5.41) is 12.4. The lowest BCUT2D eigenvalue weighted by molar-refractivity contribution is -0.113. The Hall–Kier alpha value is -2.74. The molecule has 31 heavy (non-hydrogen) atoms. The molecular formula is C23H16BrClN4OS. The van der Waals surface area contributed by atoms with Gasteiger partial charge in [-0.2, -0.15) is 0 Å². The lowest BCUT2D eigenvalue weighted by Crippen LogP contribution is -2.14. The fourth-order valence-electron chi connectivity index (χ4n) is 2.86. The number of halogens is 2. The standard InChI is InChI=1S/C23H16BrClN4OS/c24-18-12-11-17(13-19(18)25)26-20(30)14-31-23-27-21(15-7-3-1-4-8-15)22(28-29-23)16-9-5-2-6-10-16/h1-13H,14H2,(H,26,30). The quantitative estimate of drug-likeness (QED) is 0.305. The first kappa shape index (κ1) is 21.5. The number of aromatic nitrogens is 3. The number of anilines is 1. The third-order valence-corrected chi connectivity index (χ3v) is 6.37. The minimum Gasteiger partial charge on any atom is -0.325 e. The van der Waals surface area contributed by atoms with Gasteiger partial charge in [0.2, 0.25) is 11.1 Å². The highest BCUT2D eigenvalue weighted by Gasteiger charge is 2.14. The average Bonchev–Trinajstić information content (AvgIpc) is 2.81. The zero-order valence-electron chi connectivity index (χ0n) is 16.1. The van der Waals surface area contributed by atoms with Crippen LogP contribution < -0.4 is 5.32 Å². The number of benzene rings is 3. The summed E-state index contributed by atoms with van der Waals surface area (Å²) in [5.74, 6) is -0.0331. The van der Waals surface area contributed by atoms with Crippen molar-refractivity contribution in [3.05, 3.63) is 88.4 Å². The van der Waals surface area contributed by atoms with E-state index in [9.17, 15) is 4.79 Å². The van der Waals surface area contributed by atoms with E-state index in [1.807, 2.05) is 60.7 Å². The summed E-state index contributed by atoms with van der Waals surface area (Å²) in [6.45, 7) is 0. The molecule has 1 aromatic heterocycles. The molecule has 0 unspecified atom stereocenters. The second-order valence-corrected chi connectivity index (χ2v) is 8.69. The zero-order valence-corrected chi connectivity index (χ0v) is 19.3. The van der Waals surface area contributed by atoms with Gasteiger partial charge in [-0.05, 0) is 34.1 Å². The summed E-state index contributed by atoms with van der Waals surface area (Å²) in [7, 11) is 0. The van der Waals surface area contributed by atoms with E-state index in [0.717, 1.165) is 21.3 Å². The van der Waals surface area contributed by atoms with Gasteiger partial charge in [0.15, 0.2) is 0 Å². The summed E-state index contributed by atoms with van der Waals surface area (Å²) in [6.07, 6.45) is 0. The number of carbonyl (C=O) groups excluding carboxylic acids is 1. The molecule has 1 heterocycles. The van der Waals surface area contributed by atoms with Crippen molar-refractivity contribution in [2.45, 2.75) is 5.16 Å². The van der Waals surface area contributed by atoms with Gasteiger partial charge in [-0.1, -0.05) is 84.0 Å². The number of carbonyl (C=O) groups is 1. The molecule has 0 radical (unpaired) electrons. The molecule has 8 heteroatoms. The van der Waals surface area contributed by atoms with Crippen molar-refractivity contribution in [3.8, 4) is 22.5 Å². The molecule has 0 saturated carbocycles. The van der Waals surface area contributed by atoms with E-state index in [1.54, 1.807) is 18.2 Å². The van der Waals surface area contributed by atoms with Gasteiger partial charge in [-0.15, -0.1) is 10.2 Å². The summed E-state index contributed by atoms with van der Waals surface area (Å²) in [5.41, 5.74) is 3.92. The third-order valence-electron chi connectivity index (χ3n) is 4.30. The van der Waals surface area contributed by atoms with Crippen LogP contribution in [-0.2, 0) is 4.79 Å². The maximum atomic E-state index is 12.4. The van der Waals surface area contributed by atoms with E-state index in [-0.39, 0.29) is 11.7 Å². The number of nitrogens with one attached hydrogen (secondary N) is 1. The van der Waals surface area contributed by atoms with Crippen molar-refractivity contribution in [1.29, 1.82) is 0 Å². The number of amides is 1. The molecule has 0 saturated heterocycles. The topological polar surface area (TPSA) is 67.8 Å². The Balaban J connectivity index is 1.54. The molecule has 0 atom stereocenters. The average molecular weight is 512 g/mol. The molecule has 0 aliphatic heterocycles. The van der Waals surface area contributed by atoms with Crippen LogP contribution in [0.4, 0.5) is 5.69 Å². The van der Waals surface area contributed by atoms with Gasteiger partial charge >= 0.3 is 0 Å². The minimum atomic E-state index is -0.180. The van der Waals surface area contributed by atoms with E-state index in [4.69, 9.17) is 16.6 Å². The Morgan fingerprint density at radius 1 is 0.903 bits per heavy atom. The first-order valence-corrected chi connectivity index (χ1v) is 11.5. The molecule has 1 N–H and O–H groups in total. The van der Waals surface area contributed by atoms with E-state index in [2.05, 4.69) is 31.4 Å². The monoisotopic (exact) mass is 510 g/mol. The Bertz CT molecular complexity index is 1210. The van der Waals surface area contributed by atoms with Crippen molar-refractivity contribution in [2.75, 3.05) is 11.1 Å². The summed E-state index contributed by atoms with van der Waals surface area (Å²) in [6, 6.07) is 24.9. The second kappa shape index (κ2) is 10.0. The first-order chi connectivity index (χ1) is 15.1. The molecule has 0 spiro atoms. The van der Waals surface area contributed by atoms with Gasteiger partial charge in [0.1, 0.15) is 11.4 Å². The van der Waals surface area contributed by atoms with Crippen LogP contribution in [0, 0.1) is 0 Å². The van der Waals surface area contributed by atoms with Crippen LogP contribution >= 0.6 is 39.3 Å². The number of rotatable bonds is 6. The molecule has 1 amide bonds. The Morgan fingerprint density at radius 3 is 2.19 bits per heavy atom. The molecule has 0 aliphatic rings. The molecule has 0 aliphatic carbocycles. The molecule has 3 aromatic carbocycles. The lowest BCUT2D eigenvalue weighted by atomic mass is 10.0. The highest BCUT2D eigenvalue weighted by Crippen LogP contribution is 2.30. The van der Waals surface area contributed by atoms with Crippen LogP contribution in [0.2, 0.25) is 5.02 Å². The minimum absolute atomic E-state index is 0.147. The summed E-state index contributed by atoms with van der Waals surface area (Å²) < 4.78 is 0.771. The summed E-state index contributed by atoms with van der Waals surface area (Å²) in [4.78, 5) is 17.1. The normalized spacial score (nSPS) is 10.6. The van der Waals surface area contributed by atoms with Crippen molar-refractivity contribution >= 4 is 50.9 Å². The Morgan fingerprint density at radius 2 is 1.55 bits per heavy atom. The van der Waals surface area contributed by atoms with Gasteiger partial charge in [0.05, 0.1) is 10.8 Å². The fourth-order valence-corrected chi connectivity index (χ4v) is 3.87. The first-order valence-electron chi connectivity index (χ1n) is 9.33. The molecule has 4 rings (SSSR count). The van der Waals surface area contributed by atoms with E-state index in [0.29, 0.717) is 21.6 Å². The summed E-state index contributed by atoms with van der Waals surface area (Å²) >= 11 is 10.6. The maximum absolute atomic E-state index is 12.4. The van der Waals surface area contributed by atoms with Gasteiger partial charge in [0.25, 0.3) is 0 Å². The van der Waals surface area contributed by atoms with Gasteiger partial charge < -0.3 is 5.32 Å². The highest BCUT2D eigenvalue weighted by atomic mass is 79.9. The number of thioether (sulfide) groups is 1. The lowest BCUT2D eigenvalue weighted by Gasteiger charge is -2.10. The zero-order chi connectivity index (χ0) is 21.6. The van der Waals surface area contributed by atoms with Gasteiger partial charge in [-0.3, -0.25) is 4.79 Å². The van der Waals surface area contributed by atoms with Crippen molar-refractivity contribution in [1.82, 2.24) is 15.2 Å². The SMILES string of the molecule is O=C(CSc1nnc(-c2ccccc2)c(-c2ccccc2)n1)Nc1ccc(Br)c(Cl)c1. The fraction of sp³-hybridized carbons (Fsp3) is 0.0435. The Labute approximate surface area is 197 Å². The van der Waals surface area contributed by atoms with Crippen LogP contribution in [-0.4, -0.2) is 26.8 Å². The number of hydrogen-bond acceptors (Lipinski definition) is 5. The number of nitrogens with zero attached hydrogens (tertiary/aromatic N) is 3. The smallest absolute Gasteiger partial charge is 0.234 e. The van der Waals surface area contributed by atoms with Crippen LogP contribution in [0.25, 0.3) is 22.5 Å². The van der Waals surface area contributed by atoms with E-state index >= 15 is 0 Å². The molecular weight excluding hydrogens is 496 g/mol. The number of hydrogen-bond donors (Lipinski definition) is 1. The second-order valence-electron chi connectivity index (χ2n) is 6.49. The molecule has 0 fully saturated rings. The van der Waals surface area contributed by atoms with E-state index in [1.165, 1.54) is 11.8 Å². The molecule has 4 aromatic rings. The largest absolute Gasteiger partial charge is 0.325 e. The maximum Gasteiger partial charge on any atom is 0.234 e. The van der Waals surface area contributed by atoms with Gasteiger partial charge in [0, 0.05) is 21.3 Å². The van der Waals surface area contributed by atoms with Crippen LogP contribution in [0.15, 0.2) is 88.5 Å². The highest BCUT2D eigenvalue weighted by molar-refractivity contribution is 9.10. The van der Waals surface area contributed by atoms with Gasteiger partial charge in [-0.25, -0.2) is 4.98 Å². The van der Waals surface area contributed by atoms with Crippen molar-refractivity contribution < 1.29 is 4.79 Å². The third kappa shape index (κ3) is 5.50. The molecule has 5 nitrogen and oxygen atoms in total. The van der Waals surface area contributed by atoms with Crippen LogP contribution in [0.3, 0.4) is 0 Å². The predicted octanol–water partition coefficient (Wildman–Crippen LogP) is 6.35. The van der Waals surface area contributed by atoms with E-state index < -0.39 is 0 Å².